The Hall–Kier alpha value is -1.93. The van der Waals surface area contributed by atoms with Crippen molar-refractivity contribution < 1.29 is 13.2 Å². The molecule has 2 aromatic rings. The predicted octanol–water partition coefficient (Wildman–Crippen LogP) is 1.25. The summed E-state index contributed by atoms with van der Waals surface area (Å²) in [4.78, 5) is 18.9. The molecule has 1 aromatic carbocycles. The molecule has 116 valence electrons. The maximum absolute atomic E-state index is 12.5. The third-order valence-electron chi connectivity index (χ3n) is 3.52. The lowest BCUT2D eigenvalue weighted by Gasteiger charge is -2.32. The highest BCUT2D eigenvalue weighted by molar-refractivity contribution is 7.93. The number of sulfone groups is 1. The van der Waals surface area contributed by atoms with Crippen LogP contribution in [0, 0.1) is 0 Å². The van der Waals surface area contributed by atoms with Gasteiger partial charge in [-0.1, -0.05) is 29.5 Å². The van der Waals surface area contributed by atoms with Crippen LogP contribution in [0.3, 0.4) is 0 Å². The number of hydrogen-bond donors (Lipinski definition) is 0. The van der Waals surface area contributed by atoms with E-state index in [0.717, 1.165) is 6.41 Å². The number of carbonyl (C=O) groups excluding carboxylic acids is 1. The number of piperazine rings is 1. The normalized spacial score (nSPS) is 15.8. The Morgan fingerprint density at radius 2 is 1.77 bits per heavy atom. The first-order valence-electron chi connectivity index (χ1n) is 6.81. The Morgan fingerprint density at radius 3 is 2.41 bits per heavy atom. The Bertz CT molecular complexity index is 751. The van der Waals surface area contributed by atoms with Gasteiger partial charge in [-0.05, 0) is 12.1 Å². The van der Waals surface area contributed by atoms with E-state index in [1.54, 1.807) is 35.2 Å². The Morgan fingerprint density at radius 1 is 1.09 bits per heavy atom. The maximum atomic E-state index is 12.5. The molecule has 1 fully saturated rings. The lowest BCUT2D eigenvalue weighted by atomic mass is 10.3. The average molecular weight is 337 g/mol. The quantitative estimate of drug-likeness (QED) is 0.786. The van der Waals surface area contributed by atoms with Gasteiger partial charge in [-0.15, -0.1) is 0 Å². The molecule has 2 heterocycles. The van der Waals surface area contributed by atoms with Crippen molar-refractivity contribution in [3.05, 3.63) is 36.5 Å². The van der Waals surface area contributed by atoms with Crippen molar-refractivity contribution in [3.63, 3.8) is 0 Å². The van der Waals surface area contributed by atoms with Crippen molar-refractivity contribution in [2.75, 3.05) is 31.1 Å². The highest BCUT2D eigenvalue weighted by Gasteiger charge is 2.24. The first-order valence-corrected chi connectivity index (χ1v) is 9.11. The second kappa shape index (κ2) is 6.05. The molecule has 0 saturated carbocycles. The molecule has 0 aliphatic carbocycles. The number of aromatic nitrogens is 1. The number of rotatable bonds is 4. The van der Waals surface area contributed by atoms with Gasteiger partial charge in [0.05, 0.1) is 11.1 Å². The zero-order chi connectivity index (χ0) is 15.6. The molecule has 0 spiro atoms. The molecule has 1 saturated heterocycles. The topological polar surface area (TPSA) is 70.6 Å². The van der Waals surface area contributed by atoms with Gasteiger partial charge in [0.25, 0.3) is 0 Å². The number of amides is 1. The van der Waals surface area contributed by atoms with Crippen molar-refractivity contribution in [2.45, 2.75) is 9.10 Å². The fraction of sp³-hybridized carbons (Fsp3) is 0.286. The van der Waals surface area contributed by atoms with Crippen LogP contribution in [0.25, 0.3) is 0 Å². The first-order chi connectivity index (χ1) is 10.6. The van der Waals surface area contributed by atoms with Gasteiger partial charge in [0, 0.05) is 26.2 Å². The van der Waals surface area contributed by atoms with Crippen LogP contribution in [0.15, 0.2) is 45.6 Å². The zero-order valence-electron chi connectivity index (χ0n) is 11.8. The molecule has 1 aliphatic heterocycles. The standard InChI is InChI=1S/C14H15N3O3S2/c18-11-16-6-8-17(9-7-16)14-15-10-13(21-14)22(19,20)12-4-2-1-3-5-12/h1-5,10-11H,6-9H2. The Kier molecular flexibility index (Phi) is 4.12. The number of benzene rings is 1. The Labute approximate surface area is 132 Å². The van der Waals surface area contributed by atoms with Crippen LogP contribution in [0.5, 0.6) is 0 Å². The fourth-order valence-corrected chi connectivity index (χ4v) is 4.85. The minimum Gasteiger partial charge on any atom is -0.345 e. The van der Waals surface area contributed by atoms with E-state index < -0.39 is 9.84 Å². The van der Waals surface area contributed by atoms with E-state index in [9.17, 15) is 13.2 Å². The van der Waals surface area contributed by atoms with Crippen LogP contribution in [0.2, 0.25) is 0 Å². The van der Waals surface area contributed by atoms with Crippen LogP contribution < -0.4 is 4.90 Å². The lowest BCUT2D eigenvalue weighted by molar-refractivity contribution is -0.118. The molecular weight excluding hydrogens is 322 g/mol. The summed E-state index contributed by atoms with van der Waals surface area (Å²) in [6.45, 7) is 2.59. The summed E-state index contributed by atoms with van der Waals surface area (Å²) in [5, 5.41) is 0.681. The molecule has 0 atom stereocenters. The molecule has 0 N–H and O–H groups in total. The van der Waals surface area contributed by atoms with Crippen LogP contribution in [-0.2, 0) is 14.6 Å². The van der Waals surface area contributed by atoms with Crippen LogP contribution >= 0.6 is 11.3 Å². The van der Waals surface area contributed by atoms with Crippen LogP contribution in [0.1, 0.15) is 0 Å². The SMILES string of the molecule is O=CN1CCN(c2ncc(S(=O)(=O)c3ccccc3)s2)CC1. The monoisotopic (exact) mass is 337 g/mol. The molecule has 0 radical (unpaired) electrons. The van der Waals surface area contributed by atoms with E-state index in [-0.39, 0.29) is 9.10 Å². The number of carbonyl (C=O) groups is 1. The summed E-state index contributed by atoms with van der Waals surface area (Å²) in [7, 11) is -3.51. The summed E-state index contributed by atoms with van der Waals surface area (Å²) in [6, 6.07) is 8.35. The molecule has 8 heteroatoms. The van der Waals surface area contributed by atoms with Gasteiger partial charge in [0.1, 0.15) is 4.21 Å². The number of thiazole rings is 1. The highest BCUT2D eigenvalue weighted by Crippen LogP contribution is 2.30. The number of nitrogens with zero attached hydrogens (tertiary/aromatic N) is 3. The molecule has 1 aliphatic rings. The van der Waals surface area contributed by atoms with E-state index in [2.05, 4.69) is 4.98 Å². The van der Waals surface area contributed by atoms with Crippen LogP contribution in [0.4, 0.5) is 5.13 Å². The molecule has 0 bridgehead atoms. The molecule has 22 heavy (non-hydrogen) atoms. The van der Waals surface area contributed by atoms with Crippen LogP contribution in [-0.4, -0.2) is 50.9 Å². The van der Waals surface area contributed by atoms with Gasteiger partial charge in [-0.3, -0.25) is 4.79 Å². The molecule has 1 aromatic heterocycles. The smallest absolute Gasteiger partial charge is 0.217 e. The summed E-state index contributed by atoms with van der Waals surface area (Å²) in [6.07, 6.45) is 2.25. The van der Waals surface area contributed by atoms with Gasteiger partial charge in [-0.25, -0.2) is 13.4 Å². The summed E-state index contributed by atoms with van der Waals surface area (Å²) in [5.41, 5.74) is 0. The van der Waals surface area contributed by atoms with Gasteiger partial charge < -0.3 is 9.80 Å². The molecule has 6 nitrogen and oxygen atoms in total. The van der Waals surface area contributed by atoms with E-state index >= 15 is 0 Å². The minimum absolute atomic E-state index is 0.242. The average Bonchev–Trinajstić information content (AvgIpc) is 3.06. The van der Waals surface area contributed by atoms with Crippen molar-refractivity contribution in [2.24, 2.45) is 0 Å². The van der Waals surface area contributed by atoms with Gasteiger partial charge >= 0.3 is 0 Å². The van der Waals surface area contributed by atoms with Crippen molar-refractivity contribution in [3.8, 4) is 0 Å². The van der Waals surface area contributed by atoms with E-state index in [4.69, 9.17) is 0 Å². The number of hydrogen-bond acceptors (Lipinski definition) is 6. The van der Waals surface area contributed by atoms with Crippen molar-refractivity contribution >= 4 is 32.7 Å². The lowest BCUT2D eigenvalue weighted by Crippen LogP contribution is -2.45. The summed E-state index contributed by atoms with van der Waals surface area (Å²) < 4.78 is 25.3. The minimum atomic E-state index is -3.51. The van der Waals surface area contributed by atoms with E-state index in [0.29, 0.717) is 31.3 Å². The fourth-order valence-electron chi connectivity index (χ4n) is 2.26. The number of anilines is 1. The molecule has 3 rings (SSSR count). The van der Waals surface area contributed by atoms with Crippen molar-refractivity contribution in [1.29, 1.82) is 0 Å². The highest BCUT2D eigenvalue weighted by atomic mass is 32.2. The largest absolute Gasteiger partial charge is 0.345 e. The second-order valence-corrected chi connectivity index (χ2v) is 8.09. The van der Waals surface area contributed by atoms with Gasteiger partial charge in [0.15, 0.2) is 5.13 Å². The third kappa shape index (κ3) is 2.84. The maximum Gasteiger partial charge on any atom is 0.217 e. The van der Waals surface area contributed by atoms with E-state index in [1.165, 1.54) is 17.5 Å². The zero-order valence-corrected chi connectivity index (χ0v) is 13.4. The first kappa shape index (κ1) is 15.0. The predicted molar refractivity (Wildman–Crippen MR) is 83.9 cm³/mol. The van der Waals surface area contributed by atoms with Crippen molar-refractivity contribution in [1.82, 2.24) is 9.88 Å². The second-order valence-electron chi connectivity index (χ2n) is 4.91. The summed E-state index contributed by atoms with van der Waals surface area (Å²) >= 11 is 1.17. The third-order valence-corrected chi connectivity index (χ3v) is 6.81. The molecule has 1 amide bonds. The van der Waals surface area contributed by atoms with E-state index in [1.807, 2.05) is 4.90 Å². The molecular formula is C14H15N3O3S2. The Balaban J connectivity index is 1.81. The molecule has 0 unspecified atom stereocenters. The van der Waals surface area contributed by atoms with Gasteiger partial charge in [0.2, 0.25) is 16.2 Å². The van der Waals surface area contributed by atoms with Gasteiger partial charge in [-0.2, -0.15) is 0 Å². The summed E-state index contributed by atoms with van der Waals surface area (Å²) in [5.74, 6) is 0.